The molecule has 2 fully saturated rings. The third kappa shape index (κ3) is 5.11. The summed E-state index contributed by atoms with van der Waals surface area (Å²) in [6.45, 7) is 1.94. The van der Waals surface area contributed by atoms with E-state index in [4.69, 9.17) is 0 Å². The third-order valence-corrected chi connectivity index (χ3v) is 5.39. The summed E-state index contributed by atoms with van der Waals surface area (Å²) < 4.78 is 0. The Morgan fingerprint density at radius 2 is 1.75 bits per heavy atom. The van der Waals surface area contributed by atoms with Gasteiger partial charge < -0.3 is 20.4 Å². The van der Waals surface area contributed by atoms with Crippen LogP contribution in [0.4, 0.5) is 16.2 Å². The number of urea groups is 1. The molecule has 1 aromatic carbocycles. The molecule has 0 aromatic heterocycles. The molecule has 1 aromatic rings. The zero-order valence-electron chi connectivity index (χ0n) is 15.9. The minimum Gasteiger partial charge on any atom is -0.362 e. The summed E-state index contributed by atoms with van der Waals surface area (Å²) in [5.41, 5.74) is 0.646. The molecule has 0 bridgehead atoms. The molecule has 1 saturated heterocycles. The van der Waals surface area contributed by atoms with Crippen LogP contribution in [0.5, 0.6) is 0 Å². The van der Waals surface area contributed by atoms with E-state index in [1.54, 1.807) is 23.1 Å². The fourth-order valence-electron chi connectivity index (χ4n) is 3.83. The number of nitrogens with one attached hydrogen (secondary N) is 2. The number of amides is 3. The lowest BCUT2D eigenvalue weighted by atomic mass is 9.96. The Kier molecular flexibility index (Phi) is 6.67. The van der Waals surface area contributed by atoms with E-state index in [0.717, 1.165) is 25.7 Å². The Morgan fingerprint density at radius 1 is 1.07 bits per heavy atom. The lowest BCUT2D eigenvalue weighted by Gasteiger charge is -2.35. The van der Waals surface area contributed by atoms with Gasteiger partial charge in [0.25, 0.3) is 5.69 Å². The van der Waals surface area contributed by atoms with E-state index in [0.29, 0.717) is 31.9 Å². The highest BCUT2D eigenvalue weighted by Crippen LogP contribution is 2.28. The molecule has 9 heteroatoms. The minimum atomic E-state index is -0.387. The average Bonchev–Trinajstić information content (AvgIpc) is 2.73. The van der Waals surface area contributed by atoms with Gasteiger partial charge in [0, 0.05) is 38.3 Å². The number of carbonyl (C=O) groups excluding carboxylic acids is 2. The fourth-order valence-corrected chi connectivity index (χ4v) is 3.83. The number of piperazine rings is 1. The van der Waals surface area contributed by atoms with Gasteiger partial charge in [-0.15, -0.1) is 0 Å². The van der Waals surface area contributed by atoms with Gasteiger partial charge in [0.15, 0.2) is 0 Å². The number of nitrogens with zero attached hydrogens (tertiary/aromatic N) is 3. The molecule has 9 nitrogen and oxygen atoms in total. The molecule has 2 aliphatic rings. The van der Waals surface area contributed by atoms with Gasteiger partial charge in [0.1, 0.15) is 5.69 Å². The number of hydrogen-bond donors (Lipinski definition) is 2. The van der Waals surface area contributed by atoms with Crippen molar-refractivity contribution in [1.29, 1.82) is 0 Å². The van der Waals surface area contributed by atoms with Gasteiger partial charge in [-0.25, -0.2) is 4.79 Å². The Bertz CT molecular complexity index is 712. The summed E-state index contributed by atoms with van der Waals surface area (Å²) in [6.07, 6.45) is 5.47. The number of hydrogen-bond acceptors (Lipinski definition) is 5. The van der Waals surface area contributed by atoms with Crippen LogP contribution in [-0.2, 0) is 4.79 Å². The van der Waals surface area contributed by atoms with Crippen molar-refractivity contribution in [2.24, 2.45) is 0 Å². The molecule has 3 amide bonds. The van der Waals surface area contributed by atoms with Crippen molar-refractivity contribution in [3.8, 4) is 0 Å². The predicted molar refractivity (Wildman–Crippen MR) is 105 cm³/mol. The van der Waals surface area contributed by atoms with E-state index in [-0.39, 0.29) is 35.1 Å². The van der Waals surface area contributed by atoms with Crippen molar-refractivity contribution in [2.45, 2.75) is 38.1 Å². The maximum absolute atomic E-state index is 12.4. The van der Waals surface area contributed by atoms with Gasteiger partial charge in [-0.3, -0.25) is 14.9 Å². The van der Waals surface area contributed by atoms with E-state index in [1.165, 1.54) is 12.5 Å². The standard InChI is InChI=1S/C19H27N5O4/c25-18(14-20-19(26)21-15-6-2-1-3-7-15)23-12-10-22(11-13-23)16-8-4-5-9-17(16)24(27)28/h4-5,8-9,15H,1-3,6-7,10-14H2,(H2,20,21,26). The van der Waals surface area contributed by atoms with Gasteiger partial charge in [0.2, 0.25) is 5.91 Å². The van der Waals surface area contributed by atoms with Gasteiger partial charge >= 0.3 is 6.03 Å². The first-order valence-corrected chi connectivity index (χ1v) is 9.85. The van der Waals surface area contributed by atoms with Gasteiger partial charge in [0.05, 0.1) is 11.5 Å². The van der Waals surface area contributed by atoms with E-state index >= 15 is 0 Å². The summed E-state index contributed by atoms with van der Waals surface area (Å²) in [5.74, 6) is -0.138. The van der Waals surface area contributed by atoms with Crippen LogP contribution in [0.15, 0.2) is 24.3 Å². The van der Waals surface area contributed by atoms with Crippen molar-refractivity contribution in [2.75, 3.05) is 37.6 Å². The second-order valence-electron chi connectivity index (χ2n) is 7.28. The first-order valence-electron chi connectivity index (χ1n) is 9.85. The molecule has 1 aliphatic heterocycles. The molecule has 0 spiro atoms. The highest BCUT2D eigenvalue weighted by Gasteiger charge is 2.25. The first-order chi connectivity index (χ1) is 13.5. The van der Waals surface area contributed by atoms with E-state index in [9.17, 15) is 19.7 Å². The lowest BCUT2D eigenvalue weighted by molar-refractivity contribution is -0.384. The number of rotatable bonds is 5. The Labute approximate surface area is 164 Å². The summed E-state index contributed by atoms with van der Waals surface area (Å²) in [7, 11) is 0. The minimum absolute atomic E-state index is 0.0377. The van der Waals surface area contributed by atoms with Crippen molar-refractivity contribution < 1.29 is 14.5 Å². The SMILES string of the molecule is O=C(NCC(=O)N1CCN(c2ccccc2[N+](=O)[O-])CC1)NC1CCCCC1. The van der Waals surface area contributed by atoms with E-state index < -0.39 is 0 Å². The Balaban J connectivity index is 1.44. The number of anilines is 1. The molecular weight excluding hydrogens is 362 g/mol. The first kappa shape index (κ1) is 19.9. The number of nitro groups is 1. The normalized spacial score (nSPS) is 17.9. The van der Waals surface area contributed by atoms with Crippen molar-refractivity contribution >= 4 is 23.3 Å². The summed E-state index contributed by atoms with van der Waals surface area (Å²) >= 11 is 0. The highest BCUT2D eigenvalue weighted by molar-refractivity contribution is 5.84. The van der Waals surface area contributed by atoms with Gasteiger partial charge in [-0.1, -0.05) is 31.4 Å². The van der Waals surface area contributed by atoms with Crippen LogP contribution in [0.3, 0.4) is 0 Å². The maximum atomic E-state index is 12.4. The van der Waals surface area contributed by atoms with Crippen LogP contribution in [0.2, 0.25) is 0 Å². The molecule has 1 saturated carbocycles. The maximum Gasteiger partial charge on any atom is 0.315 e. The predicted octanol–water partition coefficient (Wildman–Crippen LogP) is 1.88. The number of para-hydroxylation sites is 2. The Hall–Kier alpha value is -2.84. The van der Waals surface area contributed by atoms with Crippen LogP contribution < -0.4 is 15.5 Å². The van der Waals surface area contributed by atoms with Crippen LogP contribution >= 0.6 is 0 Å². The van der Waals surface area contributed by atoms with Crippen LogP contribution in [0.25, 0.3) is 0 Å². The number of benzene rings is 1. The summed E-state index contributed by atoms with van der Waals surface area (Å²) in [6, 6.07) is 6.54. The molecule has 0 atom stereocenters. The van der Waals surface area contributed by atoms with E-state index in [1.807, 2.05) is 4.90 Å². The molecule has 0 radical (unpaired) electrons. The summed E-state index contributed by atoms with van der Waals surface area (Å²) in [5, 5.41) is 16.8. The fraction of sp³-hybridized carbons (Fsp3) is 0.579. The quantitative estimate of drug-likeness (QED) is 0.590. The zero-order chi connectivity index (χ0) is 19.9. The number of nitro benzene ring substituents is 1. The Morgan fingerprint density at radius 3 is 2.43 bits per heavy atom. The van der Waals surface area contributed by atoms with Crippen LogP contribution in [0.1, 0.15) is 32.1 Å². The number of carbonyl (C=O) groups is 2. The van der Waals surface area contributed by atoms with Gasteiger partial charge in [-0.2, -0.15) is 0 Å². The third-order valence-electron chi connectivity index (χ3n) is 5.39. The summed E-state index contributed by atoms with van der Waals surface area (Å²) in [4.78, 5) is 38.8. The molecule has 1 aliphatic carbocycles. The molecule has 2 N–H and O–H groups in total. The second kappa shape index (κ2) is 9.38. The molecule has 152 valence electrons. The molecule has 28 heavy (non-hydrogen) atoms. The van der Waals surface area contributed by atoms with Crippen molar-refractivity contribution in [3.05, 3.63) is 34.4 Å². The second-order valence-corrected chi connectivity index (χ2v) is 7.28. The smallest absolute Gasteiger partial charge is 0.315 e. The van der Waals surface area contributed by atoms with E-state index in [2.05, 4.69) is 10.6 Å². The molecule has 3 rings (SSSR count). The van der Waals surface area contributed by atoms with Crippen LogP contribution in [-0.4, -0.2) is 60.5 Å². The van der Waals surface area contributed by atoms with Gasteiger partial charge in [-0.05, 0) is 18.9 Å². The van der Waals surface area contributed by atoms with Crippen molar-refractivity contribution in [1.82, 2.24) is 15.5 Å². The largest absolute Gasteiger partial charge is 0.362 e. The molecular formula is C19H27N5O4. The average molecular weight is 389 g/mol. The zero-order valence-corrected chi connectivity index (χ0v) is 15.9. The molecule has 1 heterocycles. The highest BCUT2D eigenvalue weighted by atomic mass is 16.6. The topological polar surface area (TPSA) is 108 Å². The molecule has 0 unspecified atom stereocenters. The lowest BCUT2D eigenvalue weighted by Crippen LogP contribution is -2.52. The monoisotopic (exact) mass is 389 g/mol. The van der Waals surface area contributed by atoms with Crippen LogP contribution in [0, 0.1) is 10.1 Å². The van der Waals surface area contributed by atoms with Crippen molar-refractivity contribution in [3.63, 3.8) is 0 Å².